The van der Waals surface area contributed by atoms with E-state index in [0.717, 1.165) is 29.8 Å². The number of benzene rings is 1. The number of nitrogens with zero attached hydrogens (tertiary/aromatic N) is 2. The number of aromatic nitrogens is 4. The standard InChI is InChI=1S/C15H17N5O2/c1-20(9-10-8-14(21)19-15(22)16-10)7-6-13-17-11-4-2-3-5-12(11)18-13/h2-5,8H,6-7,9H2,1H3,(H,17,18)(H2,16,19,21,22). The summed E-state index contributed by atoms with van der Waals surface area (Å²) in [5.74, 6) is 0.924. The van der Waals surface area contributed by atoms with Gasteiger partial charge in [-0.25, -0.2) is 9.78 Å². The van der Waals surface area contributed by atoms with Gasteiger partial charge in [0.2, 0.25) is 0 Å². The van der Waals surface area contributed by atoms with Crippen molar-refractivity contribution in [1.82, 2.24) is 24.8 Å². The first-order valence-corrected chi connectivity index (χ1v) is 7.05. The Kier molecular flexibility index (Phi) is 3.88. The summed E-state index contributed by atoms with van der Waals surface area (Å²) >= 11 is 0. The highest BCUT2D eigenvalue weighted by molar-refractivity contribution is 5.74. The third kappa shape index (κ3) is 3.32. The fourth-order valence-electron chi connectivity index (χ4n) is 2.40. The summed E-state index contributed by atoms with van der Waals surface area (Å²) in [4.78, 5) is 37.1. The van der Waals surface area contributed by atoms with Crippen LogP contribution in [0.5, 0.6) is 0 Å². The Bertz CT molecular complexity index is 831. The van der Waals surface area contributed by atoms with Gasteiger partial charge < -0.3 is 14.9 Å². The molecule has 2 heterocycles. The molecule has 114 valence electrons. The summed E-state index contributed by atoms with van der Waals surface area (Å²) in [5, 5.41) is 0. The molecule has 3 N–H and O–H groups in total. The Morgan fingerprint density at radius 3 is 2.73 bits per heavy atom. The van der Waals surface area contributed by atoms with E-state index in [-0.39, 0.29) is 5.56 Å². The minimum atomic E-state index is -0.479. The summed E-state index contributed by atoms with van der Waals surface area (Å²) in [6.45, 7) is 1.26. The minimum Gasteiger partial charge on any atom is -0.342 e. The van der Waals surface area contributed by atoms with E-state index in [2.05, 4.69) is 19.9 Å². The van der Waals surface area contributed by atoms with Gasteiger partial charge in [-0.05, 0) is 19.2 Å². The molecule has 0 saturated carbocycles. The van der Waals surface area contributed by atoms with Gasteiger partial charge in [-0.2, -0.15) is 0 Å². The first-order chi connectivity index (χ1) is 10.6. The molecule has 0 aliphatic carbocycles. The second-order valence-electron chi connectivity index (χ2n) is 5.30. The summed E-state index contributed by atoms with van der Waals surface area (Å²) < 4.78 is 0. The SMILES string of the molecule is CN(CCc1nc2ccccc2[nH]1)Cc1cc(=O)[nH]c(=O)[nH]1. The van der Waals surface area contributed by atoms with Crippen molar-refractivity contribution in [2.45, 2.75) is 13.0 Å². The topological polar surface area (TPSA) is 97.6 Å². The summed E-state index contributed by atoms with van der Waals surface area (Å²) in [7, 11) is 1.93. The molecule has 0 atom stereocenters. The highest BCUT2D eigenvalue weighted by Gasteiger charge is 2.06. The van der Waals surface area contributed by atoms with Crippen LogP contribution in [-0.4, -0.2) is 38.4 Å². The Morgan fingerprint density at radius 2 is 1.95 bits per heavy atom. The van der Waals surface area contributed by atoms with E-state index < -0.39 is 5.69 Å². The van der Waals surface area contributed by atoms with E-state index >= 15 is 0 Å². The molecule has 0 bridgehead atoms. The Labute approximate surface area is 126 Å². The second kappa shape index (κ2) is 5.98. The van der Waals surface area contributed by atoms with Crippen molar-refractivity contribution >= 4 is 11.0 Å². The number of hydrogen-bond donors (Lipinski definition) is 3. The van der Waals surface area contributed by atoms with Crippen molar-refractivity contribution in [3.05, 3.63) is 62.7 Å². The maximum atomic E-state index is 11.3. The van der Waals surface area contributed by atoms with Crippen LogP contribution in [0.15, 0.2) is 39.9 Å². The van der Waals surface area contributed by atoms with Crippen LogP contribution in [0.25, 0.3) is 11.0 Å². The van der Waals surface area contributed by atoms with Crippen molar-refractivity contribution in [3.63, 3.8) is 0 Å². The van der Waals surface area contributed by atoms with Crippen LogP contribution in [0.1, 0.15) is 11.5 Å². The lowest BCUT2D eigenvalue weighted by Crippen LogP contribution is -2.27. The molecule has 0 unspecified atom stereocenters. The Hall–Kier alpha value is -2.67. The van der Waals surface area contributed by atoms with Gasteiger partial charge in [0.1, 0.15) is 5.82 Å². The predicted molar refractivity (Wildman–Crippen MR) is 83.8 cm³/mol. The van der Waals surface area contributed by atoms with Crippen LogP contribution >= 0.6 is 0 Å². The molecule has 0 aliphatic heterocycles. The minimum absolute atomic E-state index is 0.385. The first kappa shape index (κ1) is 14.3. The van der Waals surface area contributed by atoms with Gasteiger partial charge in [-0.3, -0.25) is 9.78 Å². The van der Waals surface area contributed by atoms with Gasteiger partial charge in [0, 0.05) is 31.3 Å². The normalized spacial score (nSPS) is 11.4. The lowest BCUT2D eigenvalue weighted by Gasteiger charge is -2.15. The number of rotatable bonds is 5. The number of H-pyrrole nitrogens is 3. The molecule has 0 radical (unpaired) electrons. The molecule has 2 aromatic heterocycles. The smallest absolute Gasteiger partial charge is 0.325 e. The van der Waals surface area contributed by atoms with Crippen molar-refractivity contribution < 1.29 is 0 Å². The largest absolute Gasteiger partial charge is 0.342 e. The number of fused-ring (bicyclic) bond motifs is 1. The molecular formula is C15H17N5O2. The summed E-state index contributed by atoms with van der Waals surface area (Å²) in [6, 6.07) is 9.30. The lowest BCUT2D eigenvalue weighted by atomic mass is 10.3. The van der Waals surface area contributed by atoms with Gasteiger partial charge >= 0.3 is 5.69 Å². The number of hydrogen-bond acceptors (Lipinski definition) is 4. The molecule has 7 heteroatoms. The molecule has 0 aliphatic rings. The van der Waals surface area contributed by atoms with Crippen LogP contribution in [-0.2, 0) is 13.0 Å². The van der Waals surface area contributed by atoms with Crippen LogP contribution in [0, 0.1) is 0 Å². The van der Waals surface area contributed by atoms with Crippen molar-refractivity contribution in [2.24, 2.45) is 0 Å². The van der Waals surface area contributed by atoms with Gasteiger partial charge in [0.05, 0.1) is 11.0 Å². The van der Waals surface area contributed by atoms with Crippen LogP contribution < -0.4 is 11.2 Å². The monoisotopic (exact) mass is 299 g/mol. The van der Waals surface area contributed by atoms with Crippen molar-refractivity contribution in [1.29, 1.82) is 0 Å². The number of likely N-dealkylation sites (N-methyl/N-ethyl adjacent to an activating group) is 1. The predicted octanol–water partition coefficient (Wildman–Crippen LogP) is 0.614. The fourth-order valence-corrected chi connectivity index (χ4v) is 2.40. The zero-order valence-corrected chi connectivity index (χ0v) is 12.2. The van der Waals surface area contributed by atoms with E-state index in [1.165, 1.54) is 6.07 Å². The van der Waals surface area contributed by atoms with E-state index in [4.69, 9.17) is 0 Å². The van der Waals surface area contributed by atoms with E-state index in [1.807, 2.05) is 36.2 Å². The maximum Gasteiger partial charge on any atom is 0.325 e. The van der Waals surface area contributed by atoms with E-state index in [9.17, 15) is 9.59 Å². The third-order valence-corrected chi connectivity index (χ3v) is 3.43. The molecule has 3 rings (SSSR count). The maximum absolute atomic E-state index is 11.3. The van der Waals surface area contributed by atoms with Crippen LogP contribution in [0.2, 0.25) is 0 Å². The molecule has 1 aromatic carbocycles. The van der Waals surface area contributed by atoms with Gasteiger partial charge in [0.25, 0.3) is 5.56 Å². The van der Waals surface area contributed by atoms with E-state index in [1.54, 1.807) is 0 Å². The average molecular weight is 299 g/mol. The molecular weight excluding hydrogens is 282 g/mol. The van der Waals surface area contributed by atoms with Crippen molar-refractivity contribution in [2.75, 3.05) is 13.6 Å². The molecule has 0 saturated heterocycles. The zero-order chi connectivity index (χ0) is 15.5. The molecule has 0 fully saturated rings. The van der Waals surface area contributed by atoms with Gasteiger partial charge in [0.15, 0.2) is 0 Å². The van der Waals surface area contributed by atoms with Crippen LogP contribution in [0.4, 0.5) is 0 Å². The third-order valence-electron chi connectivity index (χ3n) is 3.43. The van der Waals surface area contributed by atoms with Crippen molar-refractivity contribution in [3.8, 4) is 0 Å². The number of para-hydroxylation sites is 2. The number of imidazole rings is 1. The van der Waals surface area contributed by atoms with Gasteiger partial charge in [-0.1, -0.05) is 12.1 Å². The number of nitrogens with one attached hydrogen (secondary N) is 3. The zero-order valence-electron chi connectivity index (χ0n) is 12.2. The first-order valence-electron chi connectivity index (χ1n) is 7.05. The molecule has 3 aromatic rings. The second-order valence-corrected chi connectivity index (χ2v) is 5.30. The van der Waals surface area contributed by atoms with E-state index in [0.29, 0.717) is 12.2 Å². The molecule has 7 nitrogen and oxygen atoms in total. The average Bonchev–Trinajstić information content (AvgIpc) is 2.87. The lowest BCUT2D eigenvalue weighted by molar-refractivity contribution is 0.324. The molecule has 22 heavy (non-hydrogen) atoms. The highest BCUT2D eigenvalue weighted by Crippen LogP contribution is 2.10. The summed E-state index contributed by atoms with van der Waals surface area (Å²) in [5.41, 5.74) is 1.72. The summed E-state index contributed by atoms with van der Waals surface area (Å²) in [6.07, 6.45) is 0.763. The molecule has 0 amide bonds. The van der Waals surface area contributed by atoms with Crippen LogP contribution in [0.3, 0.4) is 0 Å². The van der Waals surface area contributed by atoms with Gasteiger partial charge in [-0.15, -0.1) is 0 Å². The Morgan fingerprint density at radius 1 is 1.14 bits per heavy atom. The fraction of sp³-hybridized carbons (Fsp3) is 0.267. The molecule has 0 spiro atoms. The highest BCUT2D eigenvalue weighted by atomic mass is 16.2. The quantitative estimate of drug-likeness (QED) is 0.643. The Balaban J connectivity index is 1.63. The number of aromatic amines is 3.